The standard InChI is InChI=1S/C20H20ClF3N2O3S/c1-3-29-17-7-5-4-6-15(17)25-18(27)11-30-12(2)19(28)26-16-10-13(20(22,23)24)8-9-14(16)21/h4-10,12H,3,11H2,1-2H3,(H,25,27)(H,26,28). The van der Waals surface area contributed by atoms with E-state index in [9.17, 15) is 22.8 Å². The minimum Gasteiger partial charge on any atom is -0.492 e. The van der Waals surface area contributed by atoms with Gasteiger partial charge in [-0.05, 0) is 44.2 Å². The van der Waals surface area contributed by atoms with Crippen LogP contribution in [0, 0.1) is 0 Å². The van der Waals surface area contributed by atoms with E-state index in [1.54, 1.807) is 31.2 Å². The number of nitrogens with one attached hydrogen (secondary N) is 2. The molecule has 10 heteroatoms. The lowest BCUT2D eigenvalue weighted by Gasteiger charge is -2.15. The van der Waals surface area contributed by atoms with Crippen molar-refractivity contribution in [2.24, 2.45) is 0 Å². The lowest BCUT2D eigenvalue weighted by Crippen LogP contribution is -2.25. The summed E-state index contributed by atoms with van der Waals surface area (Å²) in [6.07, 6.45) is -4.56. The van der Waals surface area contributed by atoms with Crippen LogP contribution in [0.1, 0.15) is 19.4 Å². The highest BCUT2D eigenvalue weighted by molar-refractivity contribution is 8.01. The molecule has 0 aromatic heterocycles. The van der Waals surface area contributed by atoms with Crippen molar-refractivity contribution in [1.29, 1.82) is 0 Å². The van der Waals surface area contributed by atoms with E-state index in [0.29, 0.717) is 18.0 Å². The van der Waals surface area contributed by atoms with Crippen LogP contribution in [0.15, 0.2) is 42.5 Å². The van der Waals surface area contributed by atoms with Gasteiger partial charge in [-0.3, -0.25) is 9.59 Å². The summed E-state index contributed by atoms with van der Waals surface area (Å²) in [4.78, 5) is 24.5. The third-order valence-electron chi connectivity index (χ3n) is 3.85. The van der Waals surface area contributed by atoms with Crippen LogP contribution in [0.4, 0.5) is 24.5 Å². The maximum absolute atomic E-state index is 12.8. The highest BCUT2D eigenvalue weighted by atomic mass is 35.5. The fraction of sp³-hybridized carbons (Fsp3) is 0.300. The summed E-state index contributed by atoms with van der Waals surface area (Å²) in [6, 6.07) is 9.62. The van der Waals surface area contributed by atoms with E-state index in [1.165, 1.54) is 0 Å². The van der Waals surface area contributed by atoms with Crippen LogP contribution >= 0.6 is 23.4 Å². The molecular formula is C20H20ClF3N2O3S. The Bertz CT molecular complexity index is 909. The maximum atomic E-state index is 12.8. The Balaban J connectivity index is 1.93. The Morgan fingerprint density at radius 2 is 1.83 bits per heavy atom. The summed E-state index contributed by atoms with van der Waals surface area (Å²) < 4.78 is 44.0. The Labute approximate surface area is 181 Å². The number of benzene rings is 2. The number of thioether (sulfide) groups is 1. The molecule has 2 aromatic carbocycles. The average molecular weight is 461 g/mol. The van der Waals surface area contributed by atoms with E-state index in [0.717, 1.165) is 30.0 Å². The van der Waals surface area contributed by atoms with E-state index in [-0.39, 0.29) is 22.4 Å². The zero-order valence-corrected chi connectivity index (χ0v) is 17.8. The van der Waals surface area contributed by atoms with Crippen LogP contribution in [0.3, 0.4) is 0 Å². The molecule has 162 valence electrons. The highest BCUT2D eigenvalue weighted by Crippen LogP contribution is 2.34. The van der Waals surface area contributed by atoms with Gasteiger partial charge >= 0.3 is 6.18 Å². The molecule has 0 aliphatic carbocycles. The molecule has 0 fully saturated rings. The number of hydrogen-bond acceptors (Lipinski definition) is 4. The molecule has 0 spiro atoms. The van der Waals surface area contributed by atoms with Crippen LogP contribution in [-0.2, 0) is 15.8 Å². The molecular weight excluding hydrogens is 441 g/mol. The maximum Gasteiger partial charge on any atom is 0.416 e. The first-order chi connectivity index (χ1) is 14.1. The van der Waals surface area contributed by atoms with E-state index in [1.807, 2.05) is 6.92 Å². The number of ether oxygens (including phenoxy) is 1. The van der Waals surface area contributed by atoms with E-state index < -0.39 is 22.9 Å². The van der Waals surface area contributed by atoms with Crippen LogP contribution in [0.2, 0.25) is 5.02 Å². The van der Waals surface area contributed by atoms with E-state index >= 15 is 0 Å². The van der Waals surface area contributed by atoms with E-state index in [2.05, 4.69) is 10.6 Å². The van der Waals surface area contributed by atoms with Gasteiger partial charge in [0.15, 0.2) is 0 Å². The lowest BCUT2D eigenvalue weighted by atomic mass is 10.2. The molecule has 2 amide bonds. The molecule has 2 aromatic rings. The van der Waals surface area contributed by atoms with Gasteiger partial charge in [-0.15, -0.1) is 11.8 Å². The largest absolute Gasteiger partial charge is 0.492 e. The molecule has 0 aliphatic heterocycles. The number of rotatable bonds is 8. The number of carbonyl (C=O) groups excluding carboxylic acids is 2. The second-order valence-electron chi connectivity index (χ2n) is 6.11. The summed E-state index contributed by atoms with van der Waals surface area (Å²) >= 11 is 6.92. The molecule has 0 saturated carbocycles. The Kier molecular flexibility index (Phi) is 8.43. The number of hydrogen-bond donors (Lipinski definition) is 2. The van der Waals surface area contributed by atoms with Crippen molar-refractivity contribution in [2.75, 3.05) is 23.0 Å². The fourth-order valence-corrected chi connectivity index (χ4v) is 3.19. The van der Waals surface area contributed by atoms with Gasteiger partial charge in [-0.25, -0.2) is 0 Å². The zero-order valence-electron chi connectivity index (χ0n) is 16.2. The van der Waals surface area contributed by atoms with Crippen LogP contribution in [0.5, 0.6) is 5.75 Å². The summed E-state index contributed by atoms with van der Waals surface area (Å²) in [5.74, 6) is -0.415. The molecule has 1 unspecified atom stereocenters. The smallest absolute Gasteiger partial charge is 0.416 e. The number of para-hydroxylation sites is 2. The van der Waals surface area contributed by atoms with Gasteiger partial charge in [0.05, 0.1) is 39.6 Å². The van der Waals surface area contributed by atoms with Gasteiger partial charge in [0.2, 0.25) is 11.8 Å². The SMILES string of the molecule is CCOc1ccccc1NC(=O)CSC(C)C(=O)Nc1cc(C(F)(F)F)ccc1Cl. The molecule has 1 atom stereocenters. The van der Waals surface area contributed by atoms with Crippen molar-refractivity contribution in [2.45, 2.75) is 25.3 Å². The fourth-order valence-electron chi connectivity index (χ4n) is 2.35. The summed E-state index contributed by atoms with van der Waals surface area (Å²) in [6.45, 7) is 3.81. The molecule has 0 aliphatic rings. The van der Waals surface area contributed by atoms with Crippen molar-refractivity contribution >= 4 is 46.6 Å². The van der Waals surface area contributed by atoms with Crippen molar-refractivity contribution in [3.8, 4) is 5.75 Å². The van der Waals surface area contributed by atoms with Gasteiger partial charge in [0.1, 0.15) is 5.75 Å². The van der Waals surface area contributed by atoms with Gasteiger partial charge in [-0.2, -0.15) is 13.2 Å². The predicted molar refractivity (Wildman–Crippen MR) is 113 cm³/mol. The van der Waals surface area contributed by atoms with Crippen LogP contribution in [-0.4, -0.2) is 29.4 Å². The first-order valence-corrected chi connectivity index (χ1v) is 10.4. The van der Waals surface area contributed by atoms with Crippen molar-refractivity contribution in [3.63, 3.8) is 0 Å². The summed E-state index contributed by atoms with van der Waals surface area (Å²) in [5.41, 5.74) is -0.549. The van der Waals surface area contributed by atoms with Crippen molar-refractivity contribution in [1.82, 2.24) is 0 Å². The summed E-state index contributed by atoms with van der Waals surface area (Å²) in [5, 5.41) is 4.37. The van der Waals surface area contributed by atoms with E-state index in [4.69, 9.17) is 16.3 Å². The second-order valence-corrected chi connectivity index (χ2v) is 7.85. The summed E-state index contributed by atoms with van der Waals surface area (Å²) in [7, 11) is 0. The average Bonchev–Trinajstić information content (AvgIpc) is 2.68. The van der Waals surface area contributed by atoms with Crippen LogP contribution in [0.25, 0.3) is 0 Å². The lowest BCUT2D eigenvalue weighted by molar-refractivity contribution is -0.137. The minimum atomic E-state index is -4.56. The Morgan fingerprint density at radius 3 is 2.50 bits per heavy atom. The predicted octanol–water partition coefficient (Wildman–Crippen LogP) is 5.46. The van der Waals surface area contributed by atoms with Gasteiger partial charge < -0.3 is 15.4 Å². The number of carbonyl (C=O) groups is 2. The van der Waals surface area contributed by atoms with Gasteiger partial charge in [0.25, 0.3) is 0 Å². The zero-order chi connectivity index (χ0) is 22.3. The molecule has 5 nitrogen and oxygen atoms in total. The first-order valence-electron chi connectivity index (χ1n) is 8.92. The Morgan fingerprint density at radius 1 is 1.13 bits per heavy atom. The van der Waals surface area contributed by atoms with Crippen LogP contribution < -0.4 is 15.4 Å². The van der Waals surface area contributed by atoms with Crippen molar-refractivity contribution < 1.29 is 27.5 Å². The molecule has 0 saturated heterocycles. The molecule has 2 N–H and O–H groups in total. The van der Waals surface area contributed by atoms with Gasteiger partial charge in [-0.1, -0.05) is 23.7 Å². The third kappa shape index (κ3) is 6.84. The molecule has 0 bridgehead atoms. The molecule has 0 radical (unpaired) electrons. The minimum absolute atomic E-state index is 0.0150. The van der Waals surface area contributed by atoms with Gasteiger partial charge in [0, 0.05) is 0 Å². The molecule has 0 heterocycles. The number of amides is 2. The molecule has 30 heavy (non-hydrogen) atoms. The van der Waals surface area contributed by atoms with Crippen molar-refractivity contribution in [3.05, 3.63) is 53.1 Å². The Hall–Kier alpha value is -2.39. The topological polar surface area (TPSA) is 67.4 Å². The monoisotopic (exact) mass is 460 g/mol. The highest BCUT2D eigenvalue weighted by Gasteiger charge is 2.31. The third-order valence-corrected chi connectivity index (χ3v) is 5.32. The number of alkyl halides is 3. The first kappa shape index (κ1) is 23.9. The number of anilines is 2. The normalized spacial score (nSPS) is 12.2. The second kappa shape index (κ2) is 10.6. The quantitative estimate of drug-likeness (QED) is 0.549. The molecule has 2 rings (SSSR count). The number of halogens is 4.